The highest BCUT2D eigenvalue weighted by Crippen LogP contribution is 2.14. The minimum absolute atomic E-state index is 0.305. The lowest BCUT2D eigenvalue weighted by Crippen LogP contribution is -2.39. The van der Waals surface area contributed by atoms with Crippen molar-refractivity contribution < 1.29 is 0 Å². The van der Waals surface area contributed by atoms with E-state index < -0.39 is 0 Å². The first-order valence-electron chi connectivity index (χ1n) is 9.09. The first kappa shape index (κ1) is 19.1. The van der Waals surface area contributed by atoms with E-state index in [0.29, 0.717) is 29.9 Å². The van der Waals surface area contributed by atoms with Crippen molar-refractivity contribution in [3.8, 4) is 5.69 Å². The number of imidazole rings is 1. The summed E-state index contributed by atoms with van der Waals surface area (Å²) < 4.78 is 6.05. The summed E-state index contributed by atoms with van der Waals surface area (Å²) in [6.45, 7) is 0.350. The number of benzene rings is 1. The lowest BCUT2D eigenvalue weighted by molar-refractivity contribution is 0.594. The van der Waals surface area contributed by atoms with Gasteiger partial charge in [0.25, 0.3) is 5.56 Å². The smallest absolute Gasteiger partial charge is 0.328 e. The molecule has 0 aliphatic carbocycles. The molecular formula is C18H20N8O2S. The van der Waals surface area contributed by atoms with E-state index in [2.05, 4.69) is 20.5 Å². The monoisotopic (exact) mass is 412 g/mol. The number of fused-ring (bicyclic) bond motifs is 1. The van der Waals surface area contributed by atoms with Gasteiger partial charge in [-0.3, -0.25) is 13.9 Å². The molecule has 0 aliphatic rings. The highest BCUT2D eigenvalue weighted by molar-refractivity contribution is 7.98. The van der Waals surface area contributed by atoms with E-state index in [9.17, 15) is 9.59 Å². The zero-order chi connectivity index (χ0) is 20.4. The maximum Gasteiger partial charge on any atom is 0.332 e. The average molecular weight is 412 g/mol. The Morgan fingerprint density at radius 1 is 1.10 bits per heavy atom. The number of thioether (sulfide) groups is 1. The second-order valence-corrected chi connectivity index (χ2v) is 7.68. The number of hydrogen-bond donors (Lipinski definition) is 0. The van der Waals surface area contributed by atoms with E-state index in [1.165, 1.54) is 9.13 Å². The van der Waals surface area contributed by atoms with Crippen molar-refractivity contribution in [2.45, 2.75) is 18.7 Å². The van der Waals surface area contributed by atoms with Gasteiger partial charge in [0.2, 0.25) is 0 Å². The van der Waals surface area contributed by atoms with Crippen molar-refractivity contribution in [3.63, 3.8) is 0 Å². The Morgan fingerprint density at radius 3 is 2.69 bits per heavy atom. The molecular weight excluding hydrogens is 392 g/mol. The average Bonchev–Trinajstić information content (AvgIpc) is 3.36. The molecule has 11 heteroatoms. The molecule has 0 radical (unpaired) electrons. The van der Waals surface area contributed by atoms with Crippen molar-refractivity contribution in [2.75, 3.05) is 5.75 Å². The van der Waals surface area contributed by atoms with Crippen LogP contribution in [0.15, 0.2) is 46.2 Å². The Kier molecular flexibility index (Phi) is 5.30. The Bertz CT molecular complexity index is 1250. The van der Waals surface area contributed by atoms with Crippen LogP contribution in [0, 0.1) is 0 Å². The Balaban J connectivity index is 1.40. The summed E-state index contributed by atoms with van der Waals surface area (Å²) in [4.78, 5) is 29.3. The third kappa shape index (κ3) is 3.60. The van der Waals surface area contributed by atoms with Gasteiger partial charge in [-0.15, -0.1) is 5.10 Å². The zero-order valence-electron chi connectivity index (χ0n) is 16.1. The van der Waals surface area contributed by atoms with Gasteiger partial charge in [-0.25, -0.2) is 9.78 Å². The second-order valence-electron chi connectivity index (χ2n) is 6.57. The number of rotatable bonds is 7. The zero-order valence-corrected chi connectivity index (χ0v) is 16.9. The van der Waals surface area contributed by atoms with E-state index in [0.717, 1.165) is 17.3 Å². The van der Waals surface area contributed by atoms with Crippen LogP contribution >= 0.6 is 11.8 Å². The molecule has 0 saturated heterocycles. The molecule has 0 N–H and O–H groups in total. The van der Waals surface area contributed by atoms with Crippen LogP contribution in [-0.4, -0.2) is 44.6 Å². The molecule has 0 unspecified atom stereocenters. The van der Waals surface area contributed by atoms with Gasteiger partial charge in [-0.2, -0.15) is 16.4 Å². The molecule has 10 nitrogen and oxygen atoms in total. The molecule has 0 aliphatic heterocycles. The molecule has 0 atom stereocenters. The highest BCUT2D eigenvalue weighted by atomic mass is 32.2. The van der Waals surface area contributed by atoms with Crippen LogP contribution in [-0.2, 0) is 26.4 Å². The Morgan fingerprint density at radius 2 is 1.90 bits per heavy atom. The third-order valence-electron chi connectivity index (χ3n) is 4.64. The molecule has 0 spiro atoms. The van der Waals surface area contributed by atoms with Crippen LogP contribution < -0.4 is 11.2 Å². The third-order valence-corrected chi connectivity index (χ3v) is 5.68. The number of tetrazole rings is 1. The largest absolute Gasteiger partial charge is 0.332 e. The molecule has 150 valence electrons. The summed E-state index contributed by atoms with van der Waals surface area (Å²) in [6, 6.07) is 9.70. The molecule has 0 saturated carbocycles. The summed E-state index contributed by atoms with van der Waals surface area (Å²) in [7, 11) is 3.38. The summed E-state index contributed by atoms with van der Waals surface area (Å²) in [5.41, 5.74) is 1.09. The van der Waals surface area contributed by atoms with Crippen LogP contribution in [0.2, 0.25) is 0 Å². The van der Waals surface area contributed by atoms with Crippen LogP contribution in [0.5, 0.6) is 0 Å². The van der Waals surface area contributed by atoms with Crippen LogP contribution in [0.25, 0.3) is 16.9 Å². The number of aryl methyl sites for hydroxylation is 2. The fourth-order valence-electron chi connectivity index (χ4n) is 3.15. The maximum atomic E-state index is 12.7. The minimum Gasteiger partial charge on any atom is -0.328 e. The maximum absolute atomic E-state index is 12.7. The molecule has 1 aromatic carbocycles. The van der Waals surface area contributed by atoms with Gasteiger partial charge >= 0.3 is 5.69 Å². The van der Waals surface area contributed by atoms with Crippen LogP contribution in [0.4, 0.5) is 0 Å². The van der Waals surface area contributed by atoms with Gasteiger partial charge in [0.05, 0.1) is 17.8 Å². The normalized spacial score (nSPS) is 11.4. The van der Waals surface area contributed by atoms with Gasteiger partial charge in [-0.1, -0.05) is 18.2 Å². The summed E-state index contributed by atoms with van der Waals surface area (Å²) in [6.07, 6.45) is 2.22. The second kappa shape index (κ2) is 8.03. The summed E-state index contributed by atoms with van der Waals surface area (Å²) >= 11 is 1.66. The molecule has 0 bridgehead atoms. The predicted molar refractivity (Wildman–Crippen MR) is 110 cm³/mol. The fraction of sp³-hybridized carbons (Fsp3) is 0.333. The van der Waals surface area contributed by atoms with Gasteiger partial charge in [-0.05, 0) is 34.7 Å². The van der Waals surface area contributed by atoms with Crippen molar-refractivity contribution in [3.05, 3.63) is 63.3 Å². The van der Waals surface area contributed by atoms with E-state index in [1.54, 1.807) is 41.4 Å². The number of para-hydroxylation sites is 1. The summed E-state index contributed by atoms with van der Waals surface area (Å²) in [5.74, 6) is 2.15. The molecule has 0 fully saturated rings. The van der Waals surface area contributed by atoms with Gasteiger partial charge in [0.1, 0.15) is 0 Å². The first-order chi connectivity index (χ1) is 14.1. The molecule has 4 aromatic rings. The van der Waals surface area contributed by atoms with Gasteiger partial charge in [0.15, 0.2) is 17.0 Å². The van der Waals surface area contributed by atoms with Crippen molar-refractivity contribution >= 4 is 22.9 Å². The molecule has 29 heavy (non-hydrogen) atoms. The standard InChI is InChI=1S/C18H20N8O2S/c1-23-12-19-16-15(23)17(27)25(18(28)24(16)2)9-6-10-29-11-14-20-21-22-26(14)13-7-4-3-5-8-13/h3-5,7-8,12H,6,9-11H2,1-2H3. The lowest BCUT2D eigenvalue weighted by atomic mass is 10.3. The SMILES string of the molecule is Cn1cnc2c1c(=O)n(CCCSCc1nnnn1-c1ccccc1)c(=O)n2C. The number of hydrogen-bond acceptors (Lipinski definition) is 7. The Labute approximate surface area is 169 Å². The number of aromatic nitrogens is 8. The highest BCUT2D eigenvalue weighted by Gasteiger charge is 2.14. The molecule has 3 heterocycles. The van der Waals surface area contributed by atoms with E-state index in [-0.39, 0.29) is 11.2 Å². The van der Waals surface area contributed by atoms with E-state index in [4.69, 9.17) is 0 Å². The minimum atomic E-state index is -0.348. The quantitative estimate of drug-likeness (QED) is 0.412. The topological polar surface area (TPSA) is 105 Å². The molecule has 0 amide bonds. The van der Waals surface area contributed by atoms with Gasteiger partial charge in [0, 0.05) is 20.6 Å². The van der Waals surface area contributed by atoms with E-state index >= 15 is 0 Å². The fourth-order valence-corrected chi connectivity index (χ4v) is 3.99. The summed E-state index contributed by atoms with van der Waals surface area (Å²) in [5, 5.41) is 11.9. The van der Waals surface area contributed by atoms with Crippen molar-refractivity contribution in [1.29, 1.82) is 0 Å². The lowest BCUT2D eigenvalue weighted by Gasteiger charge is -2.08. The predicted octanol–water partition coefficient (Wildman–Crippen LogP) is 0.733. The Hall–Kier alpha value is -3.21. The van der Waals surface area contributed by atoms with Crippen LogP contribution in [0.1, 0.15) is 12.2 Å². The van der Waals surface area contributed by atoms with Crippen molar-refractivity contribution in [2.24, 2.45) is 14.1 Å². The molecule has 3 aromatic heterocycles. The van der Waals surface area contributed by atoms with Gasteiger partial charge < -0.3 is 4.57 Å². The van der Waals surface area contributed by atoms with E-state index in [1.807, 2.05) is 30.3 Å². The first-order valence-corrected chi connectivity index (χ1v) is 10.2. The van der Waals surface area contributed by atoms with Crippen LogP contribution in [0.3, 0.4) is 0 Å². The number of nitrogens with zero attached hydrogens (tertiary/aromatic N) is 8. The van der Waals surface area contributed by atoms with Crippen molar-refractivity contribution in [1.82, 2.24) is 38.9 Å². The molecule has 4 rings (SSSR count).